The molecule has 0 radical (unpaired) electrons. The Bertz CT molecular complexity index is 1210. The van der Waals surface area contributed by atoms with E-state index in [-0.39, 0.29) is 17.5 Å². The molecule has 6 nitrogen and oxygen atoms in total. The Morgan fingerprint density at radius 1 is 1.21 bits per heavy atom. The topological polar surface area (TPSA) is 88.6 Å². The minimum absolute atomic E-state index is 0.0217. The zero-order chi connectivity index (χ0) is 24.0. The summed E-state index contributed by atoms with van der Waals surface area (Å²) in [6, 6.07) is 6.30. The number of hydrogen-bond acceptors (Lipinski definition) is 4. The molecule has 0 saturated carbocycles. The molecule has 0 spiro atoms. The lowest BCUT2D eigenvalue weighted by molar-refractivity contribution is -0.117. The van der Waals surface area contributed by atoms with Crippen molar-refractivity contribution in [3.8, 4) is 11.1 Å². The number of rotatable bonds is 5. The van der Waals surface area contributed by atoms with Gasteiger partial charge in [-0.05, 0) is 105 Å². The average Bonchev–Trinajstić information content (AvgIpc) is 3.39. The van der Waals surface area contributed by atoms with Gasteiger partial charge in [-0.25, -0.2) is 13.7 Å². The number of carbonyl (C=O) groups excluding carboxylic acids is 1. The Kier molecular flexibility index (Phi) is 6.33. The first-order valence-electron chi connectivity index (χ1n) is 12.3. The van der Waals surface area contributed by atoms with Crippen molar-refractivity contribution >= 4 is 15.8 Å². The summed E-state index contributed by atoms with van der Waals surface area (Å²) in [6.07, 6.45) is 9.14. The summed E-state index contributed by atoms with van der Waals surface area (Å²) in [5, 5.41) is 5.98. The Morgan fingerprint density at radius 3 is 2.50 bits per heavy atom. The monoisotopic (exact) mass is 484 g/mol. The second-order valence-electron chi connectivity index (χ2n) is 10.2. The lowest BCUT2D eigenvalue weighted by Gasteiger charge is -2.41. The molecule has 2 fully saturated rings. The number of piperidine rings is 1. The molecule has 2 bridgehead atoms. The molecule has 4 atom stereocenters. The molecule has 8 heteroatoms. The molecule has 2 aromatic rings. The van der Waals surface area contributed by atoms with Crippen LogP contribution in [0, 0.1) is 5.82 Å². The van der Waals surface area contributed by atoms with E-state index in [1.165, 1.54) is 6.07 Å². The first-order chi connectivity index (χ1) is 16.2. The van der Waals surface area contributed by atoms with E-state index in [9.17, 15) is 13.4 Å². The summed E-state index contributed by atoms with van der Waals surface area (Å²) in [5.41, 5.74) is 3.83. The van der Waals surface area contributed by atoms with E-state index in [4.69, 9.17) is 5.14 Å². The van der Waals surface area contributed by atoms with E-state index >= 15 is 0 Å². The maximum absolute atomic E-state index is 14.8. The van der Waals surface area contributed by atoms with Gasteiger partial charge in [0, 0.05) is 30.5 Å². The molecule has 2 saturated heterocycles. The molecule has 3 aliphatic rings. The molecular formula is C26H33FN4O2S. The standard InChI is InChI=1S/C26H33FN4O2S/c1-16(2)31-18-6-7-19(31)13-20(12-18)34(28,33)30-26(32)15-24-21-4-3-5-22(21)25(27)14-23(24)17-8-10-29-11-9-17/h8-11,14,16,18-20H,3-7,12-13,15H2,1-2H3,(H2,28,30,32,33)/t18-,19+,20?,34?. The van der Waals surface area contributed by atoms with E-state index < -0.39 is 15.8 Å². The van der Waals surface area contributed by atoms with Crippen LogP contribution in [0.5, 0.6) is 0 Å². The maximum Gasteiger partial charge on any atom is 0.259 e. The number of fused-ring (bicyclic) bond motifs is 3. The van der Waals surface area contributed by atoms with Crippen LogP contribution in [0.2, 0.25) is 0 Å². The van der Waals surface area contributed by atoms with Gasteiger partial charge >= 0.3 is 0 Å². The Labute approximate surface area is 201 Å². The average molecular weight is 485 g/mol. The molecule has 1 amide bonds. The van der Waals surface area contributed by atoms with E-state index in [1.807, 2.05) is 12.1 Å². The first-order valence-corrected chi connectivity index (χ1v) is 14.0. The highest BCUT2D eigenvalue weighted by Crippen LogP contribution is 2.40. The molecule has 1 aliphatic carbocycles. The van der Waals surface area contributed by atoms with Crippen molar-refractivity contribution in [3.05, 3.63) is 53.1 Å². The highest BCUT2D eigenvalue weighted by Gasteiger charge is 2.44. The van der Waals surface area contributed by atoms with Crippen LogP contribution in [0.1, 0.15) is 62.6 Å². The van der Waals surface area contributed by atoms with Gasteiger partial charge in [0.15, 0.2) is 0 Å². The van der Waals surface area contributed by atoms with Gasteiger partial charge in [0.2, 0.25) is 0 Å². The van der Waals surface area contributed by atoms with Crippen molar-refractivity contribution < 1.29 is 13.4 Å². The van der Waals surface area contributed by atoms with Crippen LogP contribution < -0.4 is 5.14 Å². The number of hydrogen-bond donors (Lipinski definition) is 1. The maximum atomic E-state index is 14.8. The van der Waals surface area contributed by atoms with Crippen LogP contribution in [0.25, 0.3) is 11.1 Å². The lowest BCUT2D eigenvalue weighted by Crippen LogP contribution is -2.50. The molecular weight excluding hydrogens is 451 g/mol. The van der Waals surface area contributed by atoms with Gasteiger partial charge in [-0.2, -0.15) is 0 Å². The summed E-state index contributed by atoms with van der Waals surface area (Å²) in [4.78, 5) is 19.7. The molecule has 1 aromatic carbocycles. The third kappa shape index (κ3) is 4.32. The van der Waals surface area contributed by atoms with Crippen LogP contribution >= 0.6 is 0 Å². The number of nitrogens with two attached hydrogens (primary N) is 1. The number of benzene rings is 1. The predicted molar refractivity (Wildman–Crippen MR) is 132 cm³/mol. The van der Waals surface area contributed by atoms with Crippen LogP contribution in [-0.2, 0) is 34.0 Å². The number of pyridine rings is 1. The third-order valence-corrected chi connectivity index (χ3v) is 9.68. The molecule has 34 heavy (non-hydrogen) atoms. The Morgan fingerprint density at radius 2 is 1.85 bits per heavy atom. The normalized spacial score (nSPS) is 25.9. The van der Waals surface area contributed by atoms with Crippen molar-refractivity contribution in [3.63, 3.8) is 0 Å². The minimum Gasteiger partial charge on any atom is -0.295 e. The summed E-state index contributed by atoms with van der Waals surface area (Å²) in [7, 11) is -3.16. The second-order valence-corrected chi connectivity index (χ2v) is 12.3. The minimum atomic E-state index is -3.16. The number of carbonyl (C=O) groups is 1. The van der Waals surface area contributed by atoms with Gasteiger partial charge in [-0.1, -0.05) is 0 Å². The highest BCUT2D eigenvalue weighted by atomic mass is 32.2. The molecule has 5 rings (SSSR count). The number of nitrogens with zero attached hydrogens (tertiary/aromatic N) is 3. The predicted octanol–water partition coefficient (Wildman–Crippen LogP) is 4.19. The van der Waals surface area contributed by atoms with E-state index in [0.29, 0.717) is 35.7 Å². The van der Waals surface area contributed by atoms with Crippen molar-refractivity contribution in [2.45, 2.75) is 88.6 Å². The fourth-order valence-electron chi connectivity index (χ4n) is 6.49. The van der Waals surface area contributed by atoms with Gasteiger partial charge < -0.3 is 0 Å². The molecule has 2 N–H and O–H groups in total. The molecule has 2 aliphatic heterocycles. The SMILES string of the molecule is CC(C)N1[C@@H]2CC[C@H]1CC(S(N)(=O)=NC(=O)Cc1c(-c3ccncc3)cc(F)c3c1CCC3)C2. The first kappa shape index (κ1) is 23.6. The second kappa shape index (κ2) is 9.13. The fourth-order valence-corrected chi connectivity index (χ4v) is 8.02. The van der Waals surface area contributed by atoms with Crippen molar-refractivity contribution in [2.24, 2.45) is 9.50 Å². The summed E-state index contributed by atoms with van der Waals surface area (Å²) < 4.78 is 32.4. The van der Waals surface area contributed by atoms with Crippen molar-refractivity contribution in [2.75, 3.05) is 0 Å². The van der Waals surface area contributed by atoms with Gasteiger partial charge in [-0.3, -0.25) is 14.7 Å². The van der Waals surface area contributed by atoms with Crippen molar-refractivity contribution in [1.29, 1.82) is 0 Å². The van der Waals surface area contributed by atoms with Crippen molar-refractivity contribution in [1.82, 2.24) is 9.88 Å². The van der Waals surface area contributed by atoms with Crippen LogP contribution in [-0.4, -0.2) is 43.4 Å². The van der Waals surface area contributed by atoms with Gasteiger partial charge in [0.1, 0.15) is 15.7 Å². The largest absolute Gasteiger partial charge is 0.295 e. The zero-order valence-corrected chi connectivity index (χ0v) is 20.7. The van der Waals surface area contributed by atoms with Crippen LogP contribution in [0.3, 0.4) is 0 Å². The van der Waals surface area contributed by atoms with E-state index in [2.05, 4.69) is 28.1 Å². The number of amides is 1. The van der Waals surface area contributed by atoms with E-state index in [0.717, 1.165) is 55.2 Å². The fraction of sp³-hybridized carbons (Fsp3) is 0.538. The molecule has 3 heterocycles. The number of aromatic nitrogens is 1. The highest BCUT2D eigenvalue weighted by molar-refractivity contribution is 7.92. The third-order valence-electron chi connectivity index (χ3n) is 7.85. The molecule has 1 aromatic heterocycles. The van der Waals surface area contributed by atoms with Crippen LogP contribution in [0.4, 0.5) is 4.39 Å². The van der Waals surface area contributed by atoms with Crippen LogP contribution in [0.15, 0.2) is 35.0 Å². The lowest BCUT2D eigenvalue weighted by atomic mass is 9.91. The summed E-state index contributed by atoms with van der Waals surface area (Å²) in [6.45, 7) is 4.39. The molecule has 182 valence electrons. The quantitative estimate of drug-likeness (QED) is 0.689. The smallest absolute Gasteiger partial charge is 0.259 e. The summed E-state index contributed by atoms with van der Waals surface area (Å²) in [5.74, 6) is -0.718. The zero-order valence-electron chi connectivity index (χ0n) is 19.9. The molecule has 2 unspecified atom stereocenters. The van der Waals surface area contributed by atoms with E-state index in [1.54, 1.807) is 12.4 Å². The van der Waals surface area contributed by atoms with Gasteiger partial charge in [0.25, 0.3) is 5.91 Å². The Balaban J connectivity index is 1.44. The van der Waals surface area contributed by atoms with Gasteiger partial charge in [0.05, 0.1) is 11.7 Å². The van der Waals surface area contributed by atoms with Gasteiger partial charge in [-0.15, -0.1) is 4.36 Å². The number of halogens is 1. The summed E-state index contributed by atoms with van der Waals surface area (Å²) >= 11 is 0. The Hall–Kier alpha value is -2.16.